The predicted molar refractivity (Wildman–Crippen MR) is 102 cm³/mol. The van der Waals surface area contributed by atoms with Crippen molar-refractivity contribution < 1.29 is 37.8 Å². The van der Waals surface area contributed by atoms with Crippen molar-refractivity contribution in [2.24, 2.45) is 0 Å². The maximum Gasteiger partial charge on any atom is 0.394 e. The zero-order valence-corrected chi connectivity index (χ0v) is 16.2. The smallest absolute Gasteiger partial charge is 0.394 e. The van der Waals surface area contributed by atoms with E-state index in [1.807, 2.05) is 5.32 Å². The number of aliphatic carboxylic acids is 1. The number of carbonyl (C=O) groups is 4. The number of benzene rings is 2. The molecule has 4 amide bonds. The molecule has 0 radical (unpaired) electrons. The minimum Gasteiger partial charge on any atom is -0.495 e. The van der Waals surface area contributed by atoms with Crippen LogP contribution in [0.15, 0.2) is 24.3 Å². The van der Waals surface area contributed by atoms with Crippen molar-refractivity contribution in [3.8, 4) is 5.75 Å². The van der Waals surface area contributed by atoms with E-state index in [2.05, 4.69) is 10.6 Å². The number of aryl methyl sites for hydroxylation is 1. The van der Waals surface area contributed by atoms with Gasteiger partial charge in [-0.05, 0) is 36.8 Å². The summed E-state index contributed by atoms with van der Waals surface area (Å²) in [7, 11) is 1.29. The molecule has 0 bridgehead atoms. The van der Waals surface area contributed by atoms with Gasteiger partial charge in [-0.25, -0.2) is 18.4 Å². The number of carboxylic acid groups (broad SMARTS) is 1. The standard InChI is InChI=1S/C18H14ClF2N3O6/c1-7-3-14(30-2)13(6-12(7)22-16(26)17(27)28)23-18(29)24-15(25)8-4-10(20)11(21)5-9(8)19/h3-6H,1-2H3,(H,22,26)(H,27,28)(H2,23,24,25,29). The summed E-state index contributed by atoms with van der Waals surface area (Å²) in [4.78, 5) is 46.4. The number of methoxy groups -OCH3 is 1. The lowest BCUT2D eigenvalue weighted by Crippen LogP contribution is -2.34. The lowest BCUT2D eigenvalue weighted by atomic mass is 10.1. The summed E-state index contributed by atoms with van der Waals surface area (Å²) in [5.41, 5.74) is -0.00741. The molecule has 2 rings (SSSR count). The number of imide groups is 1. The second kappa shape index (κ2) is 9.18. The van der Waals surface area contributed by atoms with E-state index in [1.54, 1.807) is 6.92 Å². The van der Waals surface area contributed by atoms with Crippen molar-refractivity contribution in [2.75, 3.05) is 17.7 Å². The number of rotatable bonds is 4. The third kappa shape index (κ3) is 5.20. The van der Waals surface area contributed by atoms with Crippen molar-refractivity contribution in [1.29, 1.82) is 0 Å². The first-order valence-electron chi connectivity index (χ1n) is 8.03. The summed E-state index contributed by atoms with van der Waals surface area (Å²) < 4.78 is 31.6. The molecular formula is C18H14ClF2N3O6. The molecule has 0 aliphatic heterocycles. The van der Waals surface area contributed by atoms with Crippen LogP contribution in [0.5, 0.6) is 5.75 Å². The molecule has 2 aromatic carbocycles. The van der Waals surface area contributed by atoms with Gasteiger partial charge in [0.05, 0.1) is 23.4 Å². The Morgan fingerprint density at radius 2 is 1.63 bits per heavy atom. The van der Waals surface area contributed by atoms with Crippen LogP contribution in [0, 0.1) is 18.6 Å². The van der Waals surface area contributed by atoms with Crippen LogP contribution >= 0.6 is 11.6 Å². The molecule has 0 atom stereocenters. The average Bonchev–Trinajstić information content (AvgIpc) is 2.66. The fourth-order valence-electron chi connectivity index (χ4n) is 2.28. The zero-order chi connectivity index (χ0) is 22.6. The predicted octanol–water partition coefficient (Wildman–Crippen LogP) is 2.92. The van der Waals surface area contributed by atoms with Gasteiger partial charge in [0.1, 0.15) is 5.75 Å². The Hall–Kier alpha value is -3.73. The molecule has 0 aromatic heterocycles. The normalized spacial score (nSPS) is 10.2. The van der Waals surface area contributed by atoms with E-state index < -0.39 is 46.0 Å². The quantitative estimate of drug-likeness (QED) is 0.426. The molecule has 158 valence electrons. The number of nitrogens with one attached hydrogen (secondary N) is 3. The first-order chi connectivity index (χ1) is 14.0. The summed E-state index contributed by atoms with van der Waals surface area (Å²) in [5, 5.41) is 14.6. The van der Waals surface area contributed by atoms with E-state index in [4.69, 9.17) is 21.4 Å². The minimum atomic E-state index is -1.72. The van der Waals surface area contributed by atoms with E-state index >= 15 is 0 Å². The molecule has 2 aromatic rings. The van der Waals surface area contributed by atoms with Gasteiger partial charge in [0.15, 0.2) is 11.6 Å². The Kier molecular flexibility index (Phi) is 6.90. The maximum absolute atomic E-state index is 13.3. The molecule has 4 N–H and O–H groups in total. The average molecular weight is 442 g/mol. The fraction of sp³-hybridized carbons (Fsp3) is 0.111. The summed E-state index contributed by atoms with van der Waals surface area (Å²) >= 11 is 5.69. The van der Waals surface area contributed by atoms with Crippen molar-refractivity contribution in [1.82, 2.24) is 5.32 Å². The highest BCUT2D eigenvalue weighted by Crippen LogP contribution is 2.31. The molecule has 0 unspecified atom stereocenters. The third-order valence-corrected chi connectivity index (χ3v) is 4.03. The third-order valence-electron chi connectivity index (χ3n) is 3.72. The second-order valence-corrected chi connectivity index (χ2v) is 6.19. The van der Waals surface area contributed by atoms with E-state index in [-0.39, 0.29) is 17.1 Å². The van der Waals surface area contributed by atoms with Gasteiger partial charge < -0.3 is 20.5 Å². The highest BCUT2D eigenvalue weighted by atomic mass is 35.5. The Balaban J connectivity index is 2.23. The van der Waals surface area contributed by atoms with Gasteiger partial charge in [0, 0.05) is 5.69 Å². The summed E-state index contributed by atoms with van der Waals surface area (Å²) in [6.07, 6.45) is 0. The zero-order valence-electron chi connectivity index (χ0n) is 15.4. The number of amides is 4. The van der Waals surface area contributed by atoms with E-state index in [0.717, 1.165) is 0 Å². The molecule has 0 aliphatic carbocycles. The van der Waals surface area contributed by atoms with Crippen molar-refractivity contribution in [2.45, 2.75) is 6.92 Å². The Morgan fingerprint density at radius 3 is 2.23 bits per heavy atom. The fourth-order valence-corrected chi connectivity index (χ4v) is 2.52. The first-order valence-corrected chi connectivity index (χ1v) is 8.41. The highest BCUT2D eigenvalue weighted by molar-refractivity contribution is 6.36. The molecule has 30 heavy (non-hydrogen) atoms. The summed E-state index contributed by atoms with van der Waals surface area (Å²) in [6, 6.07) is 2.65. The summed E-state index contributed by atoms with van der Waals surface area (Å²) in [5.74, 6) is -6.59. The largest absolute Gasteiger partial charge is 0.495 e. The second-order valence-electron chi connectivity index (χ2n) is 5.78. The van der Waals surface area contributed by atoms with Gasteiger partial charge in [-0.3, -0.25) is 14.9 Å². The number of ether oxygens (including phenoxy) is 1. The van der Waals surface area contributed by atoms with Crippen molar-refractivity contribution in [3.63, 3.8) is 0 Å². The maximum atomic E-state index is 13.3. The lowest BCUT2D eigenvalue weighted by Gasteiger charge is -2.15. The molecular weight excluding hydrogens is 428 g/mol. The Bertz CT molecular complexity index is 1060. The monoisotopic (exact) mass is 441 g/mol. The number of halogens is 3. The van der Waals surface area contributed by atoms with Crippen molar-refractivity contribution >= 4 is 46.8 Å². The van der Waals surface area contributed by atoms with Crippen LogP contribution in [0.25, 0.3) is 0 Å². The molecule has 0 saturated heterocycles. The molecule has 12 heteroatoms. The number of anilines is 2. The molecule has 9 nitrogen and oxygen atoms in total. The van der Waals surface area contributed by atoms with Crippen molar-refractivity contribution in [3.05, 3.63) is 52.0 Å². The minimum absolute atomic E-state index is 0.0227. The van der Waals surface area contributed by atoms with E-state index in [1.165, 1.54) is 19.2 Å². The Labute approximate surface area is 173 Å². The van der Waals surface area contributed by atoms with Crippen LogP contribution in [0.4, 0.5) is 25.0 Å². The molecule has 0 heterocycles. The number of hydrogen-bond donors (Lipinski definition) is 4. The van der Waals surface area contributed by atoms with Gasteiger partial charge >= 0.3 is 17.9 Å². The van der Waals surface area contributed by atoms with Crippen LogP contribution in [0.2, 0.25) is 5.02 Å². The number of carboxylic acids is 1. The Morgan fingerprint density at radius 1 is 1.00 bits per heavy atom. The van der Waals surface area contributed by atoms with E-state index in [0.29, 0.717) is 17.7 Å². The van der Waals surface area contributed by atoms with Gasteiger partial charge in [-0.2, -0.15) is 0 Å². The van der Waals surface area contributed by atoms with Crippen LogP contribution < -0.4 is 20.7 Å². The number of carbonyl (C=O) groups excluding carboxylic acids is 3. The van der Waals surface area contributed by atoms with Crippen LogP contribution in [-0.2, 0) is 9.59 Å². The van der Waals surface area contributed by atoms with Gasteiger partial charge in [-0.1, -0.05) is 11.6 Å². The van der Waals surface area contributed by atoms with E-state index in [9.17, 15) is 28.0 Å². The van der Waals surface area contributed by atoms with Crippen LogP contribution in [0.1, 0.15) is 15.9 Å². The molecule has 0 saturated carbocycles. The van der Waals surface area contributed by atoms with Gasteiger partial charge in [-0.15, -0.1) is 0 Å². The lowest BCUT2D eigenvalue weighted by molar-refractivity contribution is -0.147. The highest BCUT2D eigenvalue weighted by Gasteiger charge is 2.19. The van der Waals surface area contributed by atoms with Crippen LogP contribution in [-0.4, -0.2) is 36.0 Å². The molecule has 0 aliphatic rings. The SMILES string of the molecule is COc1cc(C)c(NC(=O)C(=O)O)cc1NC(=O)NC(=O)c1cc(F)c(F)cc1Cl. The summed E-state index contributed by atoms with van der Waals surface area (Å²) in [6.45, 7) is 1.55. The molecule has 0 spiro atoms. The topological polar surface area (TPSA) is 134 Å². The number of hydrogen-bond acceptors (Lipinski definition) is 5. The first kappa shape index (κ1) is 22.6. The van der Waals surface area contributed by atoms with Gasteiger partial charge in [0.2, 0.25) is 0 Å². The van der Waals surface area contributed by atoms with Gasteiger partial charge in [0.25, 0.3) is 5.91 Å². The van der Waals surface area contributed by atoms with Crippen LogP contribution in [0.3, 0.4) is 0 Å². The molecule has 0 fully saturated rings. The number of urea groups is 1.